The average Bonchev–Trinajstić information content (AvgIpc) is 3.13. The minimum Gasteiger partial charge on any atom is -0.497 e. The van der Waals surface area contributed by atoms with E-state index in [1.165, 1.54) is 12.0 Å². The molecule has 0 heterocycles. The van der Waals surface area contributed by atoms with Gasteiger partial charge in [-0.25, -0.2) is 0 Å². The van der Waals surface area contributed by atoms with Gasteiger partial charge in [0.05, 0.1) is 7.11 Å². The Morgan fingerprint density at radius 1 is 1.47 bits per heavy atom. The fourth-order valence-electron chi connectivity index (χ4n) is 2.05. The maximum Gasteiger partial charge on any atom is 0.191 e. The number of nitrogens with zero attached hydrogens (tertiary/aromatic N) is 1. The van der Waals surface area contributed by atoms with Crippen LogP contribution in [-0.4, -0.2) is 32.7 Å². The summed E-state index contributed by atoms with van der Waals surface area (Å²) in [6.07, 6.45) is 2.20. The van der Waals surface area contributed by atoms with Crippen molar-refractivity contribution in [3.63, 3.8) is 0 Å². The zero-order valence-corrected chi connectivity index (χ0v) is 11.9. The maximum absolute atomic E-state index is 5.22. The average molecular weight is 261 g/mol. The zero-order valence-electron chi connectivity index (χ0n) is 11.9. The van der Waals surface area contributed by atoms with Gasteiger partial charge in [-0.15, -0.1) is 0 Å². The molecule has 2 N–H and O–H groups in total. The smallest absolute Gasteiger partial charge is 0.191 e. The maximum atomic E-state index is 5.22. The van der Waals surface area contributed by atoms with Crippen LogP contribution in [0.15, 0.2) is 29.3 Å². The van der Waals surface area contributed by atoms with E-state index in [4.69, 9.17) is 4.74 Å². The highest BCUT2D eigenvalue weighted by Crippen LogP contribution is 2.28. The molecule has 2 unspecified atom stereocenters. The molecule has 0 radical (unpaired) electrons. The highest BCUT2D eigenvalue weighted by atomic mass is 16.5. The Morgan fingerprint density at radius 3 is 2.89 bits per heavy atom. The second kappa shape index (κ2) is 6.45. The second-order valence-electron chi connectivity index (χ2n) is 5.06. The first-order chi connectivity index (χ1) is 9.22. The van der Waals surface area contributed by atoms with Crippen LogP contribution in [0.2, 0.25) is 0 Å². The van der Waals surface area contributed by atoms with Crippen LogP contribution < -0.4 is 15.4 Å². The molecule has 4 nitrogen and oxygen atoms in total. The quantitative estimate of drug-likeness (QED) is 0.627. The third-order valence-electron chi connectivity index (χ3n) is 3.50. The van der Waals surface area contributed by atoms with E-state index in [0.717, 1.165) is 30.6 Å². The SMILES string of the molecule is CN=C(NCCc1cccc(OC)c1)NC1CC1C. The van der Waals surface area contributed by atoms with Crippen LogP contribution in [0.25, 0.3) is 0 Å². The number of nitrogens with one attached hydrogen (secondary N) is 2. The molecule has 0 aliphatic heterocycles. The summed E-state index contributed by atoms with van der Waals surface area (Å²) in [7, 11) is 3.51. The molecule has 0 bridgehead atoms. The molecule has 19 heavy (non-hydrogen) atoms. The lowest BCUT2D eigenvalue weighted by Crippen LogP contribution is -2.39. The molecule has 2 atom stereocenters. The summed E-state index contributed by atoms with van der Waals surface area (Å²) in [6.45, 7) is 3.12. The van der Waals surface area contributed by atoms with Crippen LogP contribution in [0.1, 0.15) is 18.9 Å². The van der Waals surface area contributed by atoms with Gasteiger partial charge in [0.2, 0.25) is 0 Å². The lowest BCUT2D eigenvalue weighted by atomic mass is 10.1. The van der Waals surface area contributed by atoms with Gasteiger partial charge in [-0.05, 0) is 36.5 Å². The van der Waals surface area contributed by atoms with E-state index in [2.05, 4.69) is 34.7 Å². The van der Waals surface area contributed by atoms with Crippen LogP contribution in [0, 0.1) is 5.92 Å². The minimum atomic E-state index is 0.600. The third kappa shape index (κ3) is 4.16. The van der Waals surface area contributed by atoms with E-state index in [9.17, 15) is 0 Å². The Balaban J connectivity index is 1.75. The molecule has 1 aromatic rings. The van der Waals surface area contributed by atoms with Crippen molar-refractivity contribution in [3.8, 4) is 5.75 Å². The fourth-order valence-corrected chi connectivity index (χ4v) is 2.05. The highest BCUT2D eigenvalue weighted by molar-refractivity contribution is 5.80. The predicted molar refractivity (Wildman–Crippen MR) is 78.8 cm³/mol. The summed E-state index contributed by atoms with van der Waals surface area (Å²) in [6, 6.07) is 8.77. The van der Waals surface area contributed by atoms with E-state index in [1.54, 1.807) is 7.11 Å². The van der Waals surface area contributed by atoms with E-state index in [1.807, 2.05) is 19.2 Å². The lowest BCUT2D eigenvalue weighted by Gasteiger charge is -2.11. The summed E-state index contributed by atoms with van der Waals surface area (Å²) in [5.74, 6) is 2.58. The highest BCUT2D eigenvalue weighted by Gasteiger charge is 2.33. The molecule has 0 saturated heterocycles. The van der Waals surface area contributed by atoms with Crippen LogP contribution in [0.3, 0.4) is 0 Å². The molecule has 1 aliphatic rings. The number of guanidine groups is 1. The van der Waals surface area contributed by atoms with Crippen molar-refractivity contribution in [1.29, 1.82) is 0 Å². The number of ether oxygens (including phenoxy) is 1. The van der Waals surface area contributed by atoms with E-state index < -0.39 is 0 Å². The van der Waals surface area contributed by atoms with Gasteiger partial charge in [-0.2, -0.15) is 0 Å². The standard InChI is InChI=1S/C15H23N3O/c1-11-9-14(11)18-15(16-2)17-8-7-12-5-4-6-13(10-12)19-3/h4-6,10-11,14H,7-9H2,1-3H3,(H2,16,17,18). The third-order valence-corrected chi connectivity index (χ3v) is 3.50. The number of hydrogen-bond donors (Lipinski definition) is 2. The normalized spacial score (nSPS) is 21.9. The molecule has 0 spiro atoms. The van der Waals surface area contributed by atoms with Crippen LogP contribution in [0.5, 0.6) is 5.75 Å². The Kier molecular flexibility index (Phi) is 4.66. The predicted octanol–water partition coefficient (Wildman–Crippen LogP) is 1.81. The monoisotopic (exact) mass is 261 g/mol. The zero-order chi connectivity index (χ0) is 13.7. The summed E-state index contributed by atoms with van der Waals surface area (Å²) in [5, 5.41) is 6.76. The van der Waals surface area contributed by atoms with Crippen LogP contribution in [-0.2, 0) is 6.42 Å². The van der Waals surface area contributed by atoms with Crippen molar-refractivity contribution in [2.24, 2.45) is 10.9 Å². The van der Waals surface area contributed by atoms with E-state index >= 15 is 0 Å². The van der Waals surface area contributed by atoms with Gasteiger partial charge in [-0.3, -0.25) is 4.99 Å². The van der Waals surface area contributed by atoms with Crippen molar-refractivity contribution in [2.75, 3.05) is 20.7 Å². The van der Waals surface area contributed by atoms with Gasteiger partial charge in [0, 0.05) is 19.6 Å². The van der Waals surface area contributed by atoms with Crippen molar-refractivity contribution >= 4 is 5.96 Å². The number of benzene rings is 1. The van der Waals surface area contributed by atoms with Crippen LogP contribution in [0.4, 0.5) is 0 Å². The van der Waals surface area contributed by atoms with Gasteiger partial charge >= 0.3 is 0 Å². The molecule has 104 valence electrons. The van der Waals surface area contributed by atoms with Crippen LogP contribution >= 0.6 is 0 Å². The number of hydrogen-bond acceptors (Lipinski definition) is 2. The Bertz CT molecular complexity index is 445. The molecule has 1 fully saturated rings. The van der Waals surface area contributed by atoms with Gasteiger partial charge in [0.1, 0.15) is 5.75 Å². The number of rotatable bonds is 5. The Labute approximate surface area is 115 Å². The van der Waals surface area contributed by atoms with Gasteiger partial charge < -0.3 is 15.4 Å². The molecule has 1 aliphatic carbocycles. The van der Waals surface area contributed by atoms with Crippen molar-refractivity contribution in [3.05, 3.63) is 29.8 Å². The Morgan fingerprint density at radius 2 is 2.26 bits per heavy atom. The largest absolute Gasteiger partial charge is 0.497 e. The first kappa shape index (κ1) is 13.7. The molecule has 1 saturated carbocycles. The van der Waals surface area contributed by atoms with E-state index in [-0.39, 0.29) is 0 Å². The number of aliphatic imine (C=N–C) groups is 1. The van der Waals surface area contributed by atoms with Gasteiger partial charge in [0.15, 0.2) is 5.96 Å². The van der Waals surface area contributed by atoms with E-state index in [0.29, 0.717) is 6.04 Å². The summed E-state index contributed by atoms with van der Waals surface area (Å²) < 4.78 is 5.22. The van der Waals surface area contributed by atoms with Gasteiger partial charge in [-0.1, -0.05) is 19.1 Å². The summed E-state index contributed by atoms with van der Waals surface area (Å²) in [5.41, 5.74) is 1.27. The van der Waals surface area contributed by atoms with Crippen molar-refractivity contribution in [1.82, 2.24) is 10.6 Å². The lowest BCUT2D eigenvalue weighted by molar-refractivity contribution is 0.414. The molecule has 4 heteroatoms. The first-order valence-corrected chi connectivity index (χ1v) is 6.83. The topological polar surface area (TPSA) is 45.7 Å². The molecule has 2 rings (SSSR count). The molecule has 0 amide bonds. The van der Waals surface area contributed by atoms with Crippen molar-refractivity contribution in [2.45, 2.75) is 25.8 Å². The fraction of sp³-hybridized carbons (Fsp3) is 0.533. The molecule has 1 aromatic carbocycles. The second-order valence-corrected chi connectivity index (χ2v) is 5.06. The minimum absolute atomic E-state index is 0.600. The molecular weight excluding hydrogens is 238 g/mol. The number of methoxy groups -OCH3 is 1. The molecular formula is C15H23N3O. The molecule has 0 aromatic heterocycles. The first-order valence-electron chi connectivity index (χ1n) is 6.83. The van der Waals surface area contributed by atoms with Crippen molar-refractivity contribution < 1.29 is 4.74 Å². The summed E-state index contributed by atoms with van der Waals surface area (Å²) >= 11 is 0. The summed E-state index contributed by atoms with van der Waals surface area (Å²) in [4.78, 5) is 4.24. The Hall–Kier alpha value is -1.71. The van der Waals surface area contributed by atoms with Gasteiger partial charge in [0.25, 0.3) is 0 Å².